The van der Waals surface area contributed by atoms with Crippen LogP contribution in [0.2, 0.25) is 0 Å². The molecule has 9 nitrogen and oxygen atoms in total. The average Bonchev–Trinajstić information content (AvgIpc) is 3.54. The molecule has 0 saturated heterocycles. The minimum absolute atomic E-state index is 0.0816. The van der Waals surface area contributed by atoms with Crippen LogP contribution >= 0.6 is 11.8 Å². The number of rotatable bonds is 9. The van der Waals surface area contributed by atoms with Crippen LogP contribution in [0.5, 0.6) is 5.88 Å². The van der Waals surface area contributed by atoms with E-state index >= 15 is 0 Å². The maximum atomic E-state index is 10.6. The lowest BCUT2D eigenvalue weighted by Gasteiger charge is -2.12. The van der Waals surface area contributed by atoms with Gasteiger partial charge in [0.2, 0.25) is 0 Å². The molecule has 0 fully saturated rings. The van der Waals surface area contributed by atoms with Crippen LogP contribution in [0, 0.1) is 0 Å². The summed E-state index contributed by atoms with van der Waals surface area (Å²) in [5, 5.41) is 33.9. The van der Waals surface area contributed by atoms with E-state index < -0.39 is 0 Å². The molecule has 3 heterocycles. The van der Waals surface area contributed by atoms with Gasteiger partial charge < -0.3 is 9.67 Å². The van der Waals surface area contributed by atoms with Crippen molar-refractivity contribution in [1.29, 1.82) is 0 Å². The number of hydrogen-bond acceptors (Lipinski definition) is 8. The first-order valence-corrected chi connectivity index (χ1v) is 12.7. The van der Waals surface area contributed by atoms with E-state index in [1.54, 1.807) is 11.8 Å². The van der Waals surface area contributed by atoms with Gasteiger partial charge in [0, 0.05) is 18.5 Å². The van der Waals surface area contributed by atoms with E-state index in [-0.39, 0.29) is 5.88 Å². The molecule has 3 aromatic heterocycles. The monoisotopic (exact) mass is 486 g/mol. The molecule has 0 aliphatic carbocycles. The normalized spacial score (nSPS) is 11.4. The standard InChI is InChI=1S/C25H26N8OS/c1-3-5-10-20-26-21-22(24(34)29-30-25(21)35-4-2)33(20)15-16-11-13-17(14-12-16)18-8-6-7-9-19(18)23-27-31-32-28-23/h6-9,11-14H,3-5,10,15H2,1-2H3,(H,29,34)(H,27,28,31,32). The molecule has 0 aliphatic heterocycles. The van der Waals surface area contributed by atoms with Crippen LogP contribution in [-0.2, 0) is 13.0 Å². The zero-order valence-electron chi connectivity index (χ0n) is 19.6. The topological polar surface area (TPSA) is 118 Å². The van der Waals surface area contributed by atoms with E-state index in [4.69, 9.17) is 4.98 Å². The molecule has 5 rings (SSSR count). The summed E-state index contributed by atoms with van der Waals surface area (Å²) in [6, 6.07) is 16.4. The highest BCUT2D eigenvalue weighted by molar-refractivity contribution is 7.99. The molecule has 5 aromatic rings. The Balaban J connectivity index is 1.51. The van der Waals surface area contributed by atoms with E-state index in [1.165, 1.54) is 0 Å². The number of fused-ring (bicyclic) bond motifs is 1. The minimum atomic E-state index is -0.0816. The van der Waals surface area contributed by atoms with Crippen molar-refractivity contribution in [1.82, 2.24) is 40.4 Å². The lowest BCUT2D eigenvalue weighted by atomic mass is 9.98. The van der Waals surface area contributed by atoms with Crippen molar-refractivity contribution >= 4 is 22.8 Å². The maximum absolute atomic E-state index is 10.6. The zero-order valence-corrected chi connectivity index (χ0v) is 20.5. The molecule has 0 amide bonds. The van der Waals surface area contributed by atoms with Crippen LogP contribution in [0.3, 0.4) is 0 Å². The van der Waals surface area contributed by atoms with Crippen molar-refractivity contribution in [2.24, 2.45) is 0 Å². The third-order valence-electron chi connectivity index (χ3n) is 5.86. The fraction of sp³-hybridized carbons (Fsp3) is 0.280. The molecule has 0 aliphatic rings. The molecule has 35 heavy (non-hydrogen) atoms. The Bertz CT molecular complexity index is 1430. The Morgan fingerprint density at radius 3 is 2.49 bits per heavy atom. The highest BCUT2D eigenvalue weighted by Gasteiger charge is 2.20. The number of aromatic amines is 1. The first-order chi connectivity index (χ1) is 17.2. The second kappa shape index (κ2) is 10.2. The van der Waals surface area contributed by atoms with Crippen molar-refractivity contribution in [3.05, 3.63) is 59.9 Å². The van der Waals surface area contributed by atoms with Gasteiger partial charge >= 0.3 is 0 Å². The first-order valence-electron chi connectivity index (χ1n) is 11.7. The molecule has 0 radical (unpaired) electrons. The van der Waals surface area contributed by atoms with Gasteiger partial charge in [0.25, 0.3) is 5.88 Å². The molecule has 0 unspecified atom stereocenters. The summed E-state index contributed by atoms with van der Waals surface area (Å²) in [7, 11) is 0. The van der Waals surface area contributed by atoms with Crippen LogP contribution in [-0.4, -0.2) is 51.2 Å². The first kappa shape index (κ1) is 23.0. The number of aryl methyl sites for hydroxylation is 1. The average molecular weight is 487 g/mol. The summed E-state index contributed by atoms with van der Waals surface area (Å²) >= 11 is 1.59. The van der Waals surface area contributed by atoms with E-state index in [1.807, 2.05) is 18.2 Å². The maximum Gasteiger partial charge on any atom is 0.257 e. The van der Waals surface area contributed by atoms with Crippen molar-refractivity contribution in [2.45, 2.75) is 44.7 Å². The molecular weight excluding hydrogens is 460 g/mol. The third kappa shape index (κ3) is 4.61. The lowest BCUT2D eigenvalue weighted by molar-refractivity contribution is 0.446. The summed E-state index contributed by atoms with van der Waals surface area (Å²) in [6.07, 6.45) is 2.92. The second-order valence-electron chi connectivity index (χ2n) is 8.17. The Morgan fingerprint density at radius 1 is 0.971 bits per heavy atom. The minimum Gasteiger partial charge on any atom is -0.491 e. The lowest BCUT2D eigenvalue weighted by Crippen LogP contribution is -2.06. The molecule has 178 valence electrons. The number of aromatic nitrogens is 8. The van der Waals surface area contributed by atoms with Crippen LogP contribution in [0.15, 0.2) is 53.6 Å². The quantitative estimate of drug-likeness (QED) is 0.283. The van der Waals surface area contributed by atoms with Gasteiger partial charge in [-0.05, 0) is 39.3 Å². The summed E-state index contributed by atoms with van der Waals surface area (Å²) < 4.78 is 2.08. The molecule has 2 N–H and O–H groups in total. The summed E-state index contributed by atoms with van der Waals surface area (Å²) in [5.74, 6) is 2.35. The highest BCUT2D eigenvalue weighted by Crippen LogP contribution is 2.33. The predicted molar refractivity (Wildman–Crippen MR) is 136 cm³/mol. The van der Waals surface area contributed by atoms with Crippen LogP contribution in [0.4, 0.5) is 0 Å². The van der Waals surface area contributed by atoms with Crippen molar-refractivity contribution in [2.75, 3.05) is 5.75 Å². The number of hydrogen-bond donors (Lipinski definition) is 2. The van der Waals surface area contributed by atoms with Gasteiger partial charge in [-0.1, -0.05) is 68.8 Å². The number of imidazole rings is 1. The van der Waals surface area contributed by atoms with Gasteiger partial charge in [-0.2, -0.15) is 0 Å². The Kier molecular flexibility index (Phi) is 6.71. The Morgan fingerprint density at radius 2 is 1.77 bits per heavy atom. The van der Waals surface area contributed by atoms with E-state index in [0.717, 1.165) is 63.6 Å². The van der Waals surface area contributed by atoms with Crippen LogP contribution < -0.4 is 0 Å². The fourth-order valence-corrected chi connectivity index (χ4v) is 4.83. The smallest absolute Gasteiger partial charge is 0.257 e. The largest absolute Gasteiger partial charge is 0.491 e. The number of nitrogens with zero attached hydrogens (tertiary/aromatic N) is 7. The van der Waals surface area contributed by atoms with Crippen LogP contribution in [0.1, 0.15) is 38.1 Å². The van der Waals surface area contributed by atoms with E-state index in [9.17, 15) is 5.11 Å². The van der Waals surface area contributed by atoms with Gasteiger partial charge in [-0.15, -0.1) is 27.1 Å². The number of benzene rings is 2. The number of aromatic hydroxyl groups is 1. The second-order valence-corrected chi connectivity index (χ2v) is 9.42. The van der Waals surface area contributed by atoms with Gasteiger partial charge in [0.1, 0.15) is 21.9 Å². The van der Waals surface area contributed by atoms with E-state index in [0.29, 0.717) is 17.9 Å². The van der Waals surface area contributed by atoms with Crippen molar-refractivity contribution in [3.8, 4) is 28.4 Å². The summed E-state index contributed by atoms with van der Waals surface area (Å²) in [4.78, 5) is 4.89. The van der Waals surface area contributed by atoms with E-state index in [2.05, 4.69) is 79.6 Å². The third-order valence-corrected chi connectivity index (χ3v) is 6.70. The number of unbranched alkanes of at least 4 members (excludes halogenated alkanes) is 1. The molecule has 10 heteroatoms. The summed E-state index contributed by atoms with van der Waals surface area (Å²) in [6.45, 7) is 4.81. The number of tetrazole rings is 1. The predicted octanol–water partition coefficient (Wildman–Crippen LogP) is 4.88. The van der Waals surface area contributed by atoms with Gasteiger partial charge in [0.05, 0.1) is 0 Å². The molecule has 0 atom stereocenters. The molecular formula is C25H26N8OS. The van der Waals surface area contributed by atoms with Crippen molar-refractivity contribution in [3.63, 3.8) is 0 Å². The van der Waals surface area contributed by atoms with Gasteiger partial charge in [-0.25, -0.2) is 10.1 Å². The highest BCUT2D eigenvalue weighted by atomic mass is 32.2. The van der Waals surface area contributed by atoms with Gasteiger partial charge in [-0.3, -0.25) is 0 Å². The molecule has 0 spiro atoms. The number of H-pyrrole nitrogens is 1. The molecule has 0 bridgehead atoms. The van der Waals surface area contributed by atoms with Crippen LogP contribution in [0.25, 0.3) is 33.5 Å². The molecule has 2 aromatic carbocycles. The Labute approximate surface area is 207 Å². The fourth-order valence-electron chi connectivity index (χ4n) is 4.18. The van der Waals surface area contributed by atoms with Gasteiger partial charge in [0.15, 0.2) is 5.82 Å². The Hall–Kier alpha value is -3.79. The number of thioether (sulfide) groups is 1. The summed E-state index contributed by atoms with van der Waals surface area (Å²) in [5.41, 5.74) is 5.53. The van der Waals surface area contributed by atoms with Crippen molar-refractivity contribution < 1.29 is 5.11 Å². The SMILES string of the molecule is CCCCc1nc2c(SCC)nnc(O)c2n1Cc1ccc(-c2ccccc2-c2nnn[nH]2)cc1. The number of nitrogens with one attached hydrogen (secondary N) is 1. The zero-order chi connectivity index (χ0) is 24.2. The molecule has 0 saturated carbocycles.